The van der Waals surface area contributed by atoms with Gasteiger partial charge in [0.2, 0.25) is 15.8 Å². The molecule has 0 unspecified atom stereocenters. The van der Waals surface area contributed by atoms with E-state index in [2.05, 4.69) is 9.88 Å². The first kappa shape index (κ1) is 21.9. The molecule has 0 aliphatic carbocycles. The summed E-state index contributed by atoms with van der Waals surface area (Å²) in [6.45, 7) is 5.85. The van der Waals surface area contributed by atoms with Crippen LogP contribution in [0.3, 0.4) is 0 Å². The van der Waals surface area contributed by atoms with Gasteiger partial charge in [-0.1, -0.05) is 5.16 Å². The molecule has 2 amide bonds. The molecule has 0 bridgehead atoms. The van der Waals surface area contributed by atoms with E-state index >= 15 is 0 Å². The third-order valence-electron chi connectivity index (χ3n) is 4.56. The second-order valence-electron chi connectivity index (χ2n) is 7.33. The lowest BCUT2D eigenvalue weighted by molar-refractivity contribution is 0.0510. The number of sulfonamides is 1. The molecular formula is C19H23FN4O5S. The summed E-state index contributed by atoms with van der Waals surface area (Å²) in [5.74, 6) is -1.65. The molecule has 1 aromatic heterocycles. The monoisotopic (exact) mass is 438 g/mol. The molecule has 9 nitrogen and oxygen atoms in total. The average molecular weight is 438 g/mol. The van der Waals surface area contributed by atoms with E-state index in [1.165, 1.54) is 15.9 Å². The smallest absolute Gasteiger partial charge is 0.292 e. The summed E-state index contributed by atoms with van der Waals surface area (Å²) in [5, 5.41) is 3.69. The van der Waals surface area contributed by atoms with Gasteiger partial charge in [-0.25, -0.2) is 17.5 Å². The van der Waals surface area contributed by atoms with Crippen LogP contribution >= 0.6 is 0 Å². The maximum absolute atomic E-state index is 14.3. The number of nitrogens with one attached hydrogen (secondary N) is 1. The van der Waals surface area contributed by atoms with Gasteiger partial charge in [-0.2, -0.15) is 0 Å². The van der Waals surface area contributed by atoms with Crippen LogP contribution in [-0.2, 0) is 10.0 Å². The summed E-state index contributed by atoms with van der Waals surface area (Å²) in [4.78, 5) is 27.9. The lowest BCUT2D eigenvalue weighted by Crippen LogP contribution is -2.50. The number of carbonyl (C=O) groups is 2. The van der Waals surface area contributed by atoms with Crippen molar-refractivity contribution in [3.8, 4) is 0 Å². The number of carbonyl (C=O) groups excluding carboxylic acids is 2. The number of nitrogens with zero attached hydrogens (tertiary/aromatic N) is 3. The summed E-state index contributed by atoms with van der Waals surface area (Å²) in [6, 6.07) is 4.31. The minimum atomic E-state index is -3.87. The fourth-order valence-electron chi connectivity index (χ4n) is 3.12. The third kappa shape index (κ3) is 4.68. The largest absolute Gasteiger partial charge is 0.351 e. The number of halogens is 1. The van der Waals surface area contributed by atoms with Crippen molar-refractivity contribution in [1.29, 1.82) is 0 Å². The van der Waals surface area contributed by atoms with E-state index in [-0.39, 0.29) is 54.3 Å². The fourth-order valence-corrected chi connectivity index (χ4v) is 4.39. The summed E-state index contributed by atoms with van der Waals surface area (Å²) in [6.07, 6.45) is 0. The highest BCUT2D eigenvalue weighted by atomic mass is 32.2. The van der Waals surface area contributed by atoms with Gasteiger partial charge in [0.15, 0.2) is 0 Å². The molecule has 1 N–H and O–H groups in total. The molecule has 1 aromatic carbocycles. The Labute approximate surface area is 173 Å². The number of aryl methyl sites for hydroxylation is 1. The van der Waals surface area contributed by atoms with Crippen LogP contribution < -0.4 is 4.72 Å². The number of hydrogen-bond donors (Lipinski definition) is 1. The number of hydrogen-bond acceptors (Lipinski definition) is 6. The van der Waals surface area contributed by atoms with Crippen molar-refractivity contribution in [2.45, 2.75) is 31.7 Å². The normalized spacial score (nSPS) is 15.0. The predicted octanol–water partition coefficient (Wildman–Crippen LogP) is 1.41. The molecule has 3 rings (SSSR count). The molecule has 2 heterocycles. The molecular weight excluding hydrogens is 415 g/mol. The van der Waals surface area contributed by atoms with Crippen molar-refractivity contribution in [2.24, 2.45) is 0 Å². The van der Waals surface area contributed by atoms with Gasteiger partial charge >= 0.3 is 0 Å². The first-order chi connectivity index (χ1) is 14.1. The van der Waals surface area contributed by atoms with Gasteiger partial charge in [-0.05, 0) is 39.0 Å². The van der Waals surface area contributed by atoms with Crippen LogP contribution in [0.15, 0.2) is 33.7 Å². The number of aromatic nitrogens is 1. The Hall–Kier alpha value is -2.79. The van der Waals surface area contributed by atoms with E-state index in [9.17, 15) is 22.4 Å². The van der Waals surface area contributed by atoms with E-state index in [0.717, 1.165) is 18.2 Å². The van der Waals surface area contributed by atoms with Gasteiger partial charge < -0.3 is 14.3 Å². The molecule has 1 fully saturated rings. The minimum absolute atomic E-state index is 0.119. The molecule has 1 saturated heterocycles. The quantitative estimate of drug-likeness (QED) is 0.755. The molecule has 0 radical (unpaired) electrons. The van der Waals surface area contributed by atoms with E-state index in [1.807, 2.05) is 0 Å². The number of benzene rings is 1. The minimum Gasteiger partial charge on any atom is -0.351 e. The maximum atomic E-state index is 14.3. The third-order valence-corrected chi connectivity index (χ3v) is 6.22. The van der Waals surface area contributed by atoms with E-state index in [4.69, 9.17) is 4.52 Å². The van der Waals surface area contributed by atoms with Crippen LogP contribution in [0, 0.1) is 12.7 Å². The predicted molar refractivity (Wildman–Crippen MR) is 105 cm³/mol. The Morgan fingerprint density at radius 2 is 1.70 bits per heavy atom. The van der Waals surface area contributed by atoms with Crippen LogP contribution in [0.1, 0.15) is 40.5 Å². The highest BCUT2D eigenvalue weighted by Gasteiger charge is 2.29. The number of rotatable bonds is 5. The lowest BCUT2D eigenvalue weighted by Gasteiger charge is -2.34. The summed E-state index contributed by atoms with van der Waals surface area (Å²) in [5.41, 5.74) is 0.261. The van der Waals surface area contributed by atoms with Crippen LogP contribution in [0.4, 0.5) is 4.39 Å². The van der Waals surface area contributed by atoms with E-state index in [1.54, 1.807) is 20.8 Å². The van der Waals surface area contributed by atoms with Crippen LogP contribution in [0.2, 0.25) is 0 Å². The molecule has 11 heteroatoms. The topological polar surface area (TPSA) is 113 Å². The summed E-state index contributed by atoms with van der Waals surface area (Å²) >= 11 is 0. The van der Waals surface area contributed by atoms with Crippen molar-refractivity contribution in [2.75, 3.05) is 26.2 Å². The first-order valence-corrected chi connectivity index (χ1v) is 10.9. The maximum Gasteiger partial charge on any atom is 0.292 e. The van der Waals surface area contributed by atoms with Gasteiger partial charge in [0, 0.05) is 38.3 Å². The van der Waals surface area contributed by atoms with Crippen molar-refractivity contribution in [3.63, 3.8) is 0 Å². The molecule has 1 aliphatic rings. The van der Waals surface area contributed by atoms with Crippen molar-refractivity contribution in [3.05, 3.63) is 47.1 Å². The average Bonchev–Trinajstić information content (AvgIpc) is 3.12. The molecule has 1 aliphatic heterocycles. The second kappa shape index (κ2) is 8.52. The Kier molecular flexibility index (Phi) is 6.22. The molecule has 2 aromatic rings. The molecule has 0 atom stereocenters. The Morgan fingerprint density at radius 1 is 1.10 bits per heavy atom. The van der Waals surface area contributed by atoms with Crippen LogP contribution in [0.5, 0.6) is 0 Å². The van der Waals surface area contributed by atoms with Crippen molar-refractivity contribution in [1.82, 2.24) is 19.7 Å². The molecule has 0 saturated carbocycles. The Morgan fingerprint density at radius 3 is 2.23 bits per heavy atom. The highest BCUT2D eigenvalue weighted by molar-refractivity contribution is 7.89. The number of amides is 2. The highest BCUT2D eigenvalue weighted by Crippen LogP contribution is 2.19. The number of piperazine rings is 1. The van der Waals surface area contributed by atoms with Gasteiger partial charge in [-0.15, -0.1) is 0 Å². The zero-order valence-electron chi connectivity index (χ0n) is 16.9. The zero-order chi connectivity index (χ0) is 22.1. The lowest BCUT2D eigenvalue weighted by atomic mass is 10.1. The summed E-state index contributed by atoms with van der Waals surface area (Å²) in [7, 11) is -3.87. The van der Waals surface area contributed by atoms with Crippen LogP contribution in [0.25, 0.3) is 0 Å². The van der Waals surface area contributed by atoms with Crippen molar-refractivity contribution >= 4 is 21.8 Å². The van der Waals surface area contributed by atoms with Gasteiger partial charge in [0.05, 0.1) is 16.2 Å². The first-order valence-electron chi connectivity index (χ1n) is 9.42. The van der Waals surface area contributed by atoms with Crippen LogP contribution in [-0.4, -0.2) is 67.4 Å². The van der Waals surface area contributed by atoms with Gasteiger partial charge in [0.1, 0.15) is 5.82 Å². The zero-order valence-corrected chi connectivity index (χ0v) is 17.7. The molecule has 30 heavy (non-hydrogen) atoms. The summed E-state index contributed by atoms with van der Waals surface area (Å²) < 4.78 is 46.4. The van der Waals surface area contributed by atoms with E-state index in [0.29, 0.717) is 5.69 Å². The van der Waals surface area contributed by atoms with Gasteiger partial charge in [0.25, 0.3) is 11.8 Å². The SMILES string of the molecule is Cc1cc(C(=O)N2CCN(C(=O)c3cc(S(=O)(=O)NC(C)C)ccc3F)CC2)on1. The Balaban J connectivity index is 1.72. The van der Waals surface area contributed by atoms with Crippen molar-refractivity contribution < 1.29 is 26.9 Å². The molecule has 162 valence electrons. The Bertz CT molecular complexity index is 1060. The van der Waals surface area contributed by atoms with E-state index < -0.39 is 21.7 Å². The van der Waals surface area contributed by atoms with Gasteiger partial charge in [-0.3, -0.25) is 9.59 Å². The molecule has 0 spiro atoms. The fraction of sp³-hybridized carbons (Fsp3) is 0.421. The standard InChI is InChI=1S/C19H23FN4O5S/c1-12(2)22-30(27,28)14-4-5-16(20)15(11-14)18(25)23-6-8-24(9-7-23)19(26)17-10-13(3)21-29-17/h4-5,10-12,22H,6-9H2,1-3H3. The second-order valence-corrected chi connectivity index (χ2v) is 9.05.